The lowest BCUT2D eigenvalue weighted by Gasteiger charge is -2.62. The lowest BCUT2D eigenvalue weighted by atomic mass is 9.43. The minimum atomic E-state index is -1.17. The van der Waals surface area contributed by atoms with Crippen LogP contribution in [0.5, 0.6) is 0 Å². The molecular formula is C34H54O6. The van der Waals surface area contributed by atoms with Gasteiger partial charge in [-0.2, -0.15) is 0 Å². The summed E-state index contributed by atoms with van der Waals surface area (Å²) in [5, 5.41) is 48.0. The molecule has 1 spiro atoms. The highest BCUT2D eigenvalue weighted by molar-refractivity contribution is 5.95. The van der Waals surface area contributed by atoms with Crippen molar-refractivity contribution in [2.24, 2.45) is 39.9 Å². The van der Waals surface area contributed by atoms with Crippen LogP contribution in [-0.4, -0.2) is 61.3 Å². The van der Waals surface area contributed by atoms with E-state index < -0.39 is 40.5 Å². The molecule has 0 aromatic rings. The zero-order valence-electron chi connectivity index (χ0n) is 25.7. The molecule has 0 bridgehead atoms. The second-order valence-corrected chi connectivity index (χ2v) is 16.1. The Bertz CT molecular complexity index is 1070. The summed E-state index contributed by atoms with van der Waals surface area (Å²) in [6.45, 7) is 12.3. The summed E-state index contributed by atoms with van der Waals surface area (Å²) in [7, 11) is 0. The molecule has 5 fully saturated rings. The summed E-state index contributed by atoms with van der Waals surface area (Å²) in [4.78, 5) is 13.8. The maximum Gasteiger partial charge on any atom is 0.159 e. The minimum Gasteiger partial charge on any atom is -0.393 e. The SMILES string of the molecule is CCCC(O)(C1OC1C(C)(O)C(C)C)C1CC2(CCCC2)C2(O)C3=CC(=O)C4CC(O)CCC4(C)C3CCC12C. The number of carbonyl (C=O) groups excluding carboxylic acids is 1. The van der Waals surface area contributed by atoms with Gasteiger partial charge in [0.25, 0.3) is 0 Å². The molecule has 0 radical (unpaired) electrons. The van der Waals surface area contributed by atoms with Gasteiger partial charge in [0.15, 0.2) is 5.78 Å². The Balaban J connectivity index is 1.46. The molecule has 0 aromatic heterocycles. The molecule has 0 aromatic carbocycles. The molecule has 4 N–H and O–H groups in total. The highest BCUT2D eigenvalue weighted by Crippen LogP contribution is 2.77. The second-order valence-electron chi connectivity index (χ2n) is 16.1. The molecule has 1 aliphatic heterocycles. The first-order chi connectivity index (χ1) is 18.6. The number of allylic oxidation sites excluding steroid dienone is 1. The maximum absolute atomic E-state index is 13.8. The van der Waals surface area contributed by atoms with Crippen molar-refractivity contribution in [1.82, 2.24) is 0 Å². The van der Waals surface area contributed by atoms with Crippen molar-refractivity contribution in [3.05, 3.63) is 11.6 Å². The van der Waals surface area contributed by atoms with Crippen LogP contribution in [0, 0.1) is 39.9 Å². The van der Waals surface area contributed by atoms with Crippen LogP contribution in [0.25, 0.3) is 0 Å². The van der Waals surface area contributed by atoms with Crippen molar-refractivity contribution in [3.63, 3.8) is 0 Å². The lowest BCUT2D eigenvalue weighted by molar-refractivity contribution is -0.175. The van der Waals surface area contributed by atoms with Gasteiger partial charge in [-0.25, -0.2) is 0 Å². The molecule has 11 atom stereocenters. The Morgan fingerprint density at radius 1 is 1.05 bits per heavy atom. The van der Waals surface area contributed by atoms with E-state index in [2.05, 4.69) is 20.8 Å². The number of hydrogen-bond acceptors (Lipinski definition) is 6. The number of ether oxygens (including phenoxy) is 1. The fourth-order valence-corrected chi connectivity index (χ4v) is 11.3. The summed E-state index contributed by atoms with van der Waals surface area (Å²) in [5.74, 6) is -0.212. The van der Waals surface area contributed by atoms with Gasteiger partial charge in [-0.1, -0.05) is 53.9 Å². The van der Waals surface area contributed by atoms with Crippen molar-refractivity contribution >= 4 is 5.78 Å². The van der Waals surface area contributed by atoms with Crippen LogP contribution < -0.4 is 0 Å². The third-order valence-corrected chi connectivity index (χ3v) is 14.0. The number of ketones is 1. The summed E-state index contributed by atoms with van der Waals surface area (Å²) in [6, 6.07) is 0. The average Bonchev–Trinajstić information content (AvgIpc) is 3.53. The van der Waals surface area contributed by atoms with Gasteiger partial charge in [0.2, 0.25) is 0 Å². The quantitative estimate of drug-likeness (QED) is 0.338. The molecular weight excluding hydrogens is 504 g/mol. The summed E-state index contributed by atoms with van der Waals surface area (Å²) in [5.41, 5.74) is -3.68. The van der Waals surface area contributed by atoms with E-state index in [1.165, 1.54) is 0 Å². The van der Waals surface area contributed by atoms with Crippen molar-refractivity contribution in [3.8, 4) is 0 Å². The van der Waals surface area contributed by atoms with Gasteiger partial charge in [-0.15, -0.1) is 0 Å². The number of fused-ring (bicyclic) bond motifs is 6. The molecule has 6 heteroatoms. The predicted molar refractivity (Wildman–Crippen MR) is 153 cm³/mol. The van der Waals surface area contributed by atoms with Crippen LogP contribution in [0.4, 0.5) is 0 Å². The fourth-order valence-electron chi connectivity index (χ4n) is 11.3. The van der Waals surface area contributed by atoms with Crippen LogP contribution in [0.15, 0.2) is 11.6 Å². The number of rotatable bonds is 6. The first-order valence-electron chi connectivity index (χ1n) is 16.4. The van der Waals surface area contributed by atoms with E-state index in [0.29, 0.717) is 19.3 Å². The summed E-state index contributed by atoms with van der Waals surface area (Å²) < 4.78 is 6.23. The molecule has 5 aliphatic carbocycles. The van der Waals surface area contributed by atoms with E-state index in [9.17, 15) is 25.2 Å². The topological polar surface area (TPSA) is 111 Å². The van der Waals surface area contributed by atoms with E-state index >= 15 is 0 Å². The van der Waals surface area contributed by atoms with Crippen LogP contribution in [-0.2, 0) is 9.53 Å². The molecule has 11 unspecified atom stereocenters. The normalized spacial score (nSPS) is 48.7. The first kappa shape index (κ1) is 29.3. The van der Waals surface area contributed by atoms with Crippen molar-refractivity contribution in [2.45, 2.75) is 154 Å². The molecule has 4 saturated carbocycles. The van der Waals surface area contributed by atoms with Crippen molar-refractivity contribution in [1.29, 1.82) is 0 Å². The van der Waals surface area contributed by atoms with Gasteiger partial charge in [-0.3, -0.25) is 4.79 Å². The van der Waals surface area contributed by atoms with Gasteiger partial charge >= 0.3 is 0 Å². The third-order valence-electron chi connectivity index (χ3n) is 14.0. The van der Waals surface area contributed by atoms with Gasteiger partial charge < -0.3 is 25.2 Å². The first-order valence-corrected chi connectivity index (χ1v) is 16.4. The number of carbonyl (C=O) groups is 1. The number of aliphatic hydroxyl groups excluding tert-OH is 1. The van der Waals surface area contributed by atoms with E-state index in [1.807, 2.05) is 26.8 Å². The summed E-state index contributed by atoms with van der Waals surface area (Å²) in [6.07, 6.45) is 10.2. The number of hydrogen-bond donors (Lipinski definition) is 4. The monoisotopic (exact) mass is 558 g/mol. The molecule has 0 amide bonds. The van der Waals surface area contributed by atoms with Gasteiger partial charge in [-0.05, 0) is 99.5 Å². The molecule has 1 heterocycles. The standard InChI is InChI=1S/C34H54O6/c1-7-12-33(38,28-27(40-28)31(6,37)20(2)3)26-19-32(13-8-9-14-32)34(39)23-18-25(36)24-17-21(35)10-15-29(24,4)22(23)11-16-30(26,34)5/h18,20-22,24,26-28,35,37-39H,7-17,19H2,1-6H3. The van der Waals surface area contributed by atoms with Gasteiger partial charge in [0.1, 0.15) is 12.2 Å². The predicted octanol–water partition coefficient (Wildman–Crippen LogP) is 5.10. The lowest BCUT2D eigenvalue weighted by Crippen LogP contribution is -2.64. The van der Waals surface area contributed by atoms with Crippen molar-refractivity contribution in [2.75, 3.05) is 0 Å². The third kappa shape index (κ3) is 3.55. The number of epoxide rings is 1. The minimum absolute atomic E-state index is 0.0119. The molecule has 40 heavy (non-hydrogen) atoms. The number of aliphatic hydroxyl groups is 4. The molecule has 6 rings (SSSR count). The second kappa shape index (κ2) is 9.11. The Labute approximate surface area is 241 Å². The smallest absolute Gasteiger partial charge is 0.159 e. The van der Waals surface area contributed by atoms with E-state index in [0.717, 1.165) is 63.4 Å². The van der Waals surface area contributed by atoms with E-state index in [-0.39, 0.29) is 40.3 Å². The van der Waals surface area contributed by atoms with Crippen LogP contribution in [0.1, 0.15) is 119 Å². The Morgan fingerprint density at radius 2 is 1.73 bits per heavy atom. The van der Waals surface area contributed by atoms with Crippen LogP contribution >= 0.6 is 0 Å². The molecule has 6 aliphatic rings. The highest BCUT2D eigenvalue weighted by atomic mass is 16.6. The van der Waals surface area contributed by atoms with Gasteiger partial charge in [0.05, 0.1) is 22.9 Å². The Hall–Kier alpha value is -0.790. The van der Waals surface area contributed by atoms with Gasteiger partial charge in [0, 0.05) is 16.7 Å². The Morgan fingerprint density at radius 3 is 2.35 bits per heavy atom. The fraction of sp³-hybridized carbons (Fsp3) is 0.912. The van der Waals surface area contributed by atoms with E-state index in [1.54, 1.807) is 0 Å². The average molecular weight is 559 g/mol. The van der Waals surface area contributed by atoms with Crippen LogP contribution in [0.2, 0.25) is 0 Å². The zero-order valence-corrected chi connectivity index (χ0v) is 25.7. The summed E-state index contributed by atoms with van der Waals surface area (Å²) >= 11 is 0. The zero-order chi connectivity index (χ0) is 29.1. The highest BCUT2D eigenvalue weighted by Gasteiger charge is 2.79. The Kier molecular flexibility index (Phi) is 6.67. The largest absolute Gasteiger partial charge is 0.393 e. The van der Waals surface area contributed by atoms with Crippen LogP contribution in [0.3, 0.4) is 0 Å². The molecule has 226 valence electrons. The van der Waals surface area contributed by atoms with E-state index in [4.69, 9.17) is 4.74 Å². The molecule has 1 saturated heterocycles. The van der Waals surface area contributed by atoms with Crippen molar-refractivity contribution < 1.29 is 30.0 Å². The maximum atomic E-state index is 13.8. The molecule has 6 nitrogen and oxygen atoms in total.